The highest BCUT2D eigenvalue weighted by atomic mass is 79.9. The third-order valence-corrected chi connectivity index (χ3v) is 3.95. The van der Waals surface area contributed by atoms with Crippen LogP contribution in [-0.4, -0.2) is 43.2 Å². The Morgan fingerprint density at radius 3 is 2.32 bits per heavy atom. The van der Waals surface area contributed by atoms with Gasteiger partial charge in [0.2, 0.25) is 0 Å². The Hall–Kier alpha value is -0.580. The average molecular weight is 329 g/mol. The summed E-state index contributed by atoms with van der Waals surface area (Å²) < 4.78 is 0.968. The molecule has 2 atom stereocenters. The SMILES string of the molecule is CCN(c1ccc(C(C)O)c(Br)c1)C(C)CN(C)C. The molecule has 108 valence electrons. The van der Waals surface area contributed by atoms with Gasteiger partial charge >= 0.3 is 0 Å². The van der Waals surface area contributed by atoms with E-state index >= 15 is 0 Å². The minimum absolute atomic E-state index is 0.447. The van der Waals surface area contributed by atoms with E-state index in [4.69, 9.17) is 0 Å². The lowest BCUT2D eigenvalue weighted by molar-refractivity contribution is 0.198. The number of aliphatic hydroxyl groups is 1. The fourth-order valence-electron chi connectivity index (χ4n) is 2.41. The minimum Gasteiger partial charge on any atom is -0.389 e. The normalized spacial score (nSPS) is 14.5. The van der Waals surface area contributed by atoms with Crippen LogP contribution in [0.4, 0.5) is 5.69 Å². The zero-order chi connectivity index (χ0) is 14.6. The van der Waals surface area contributed by atoms with Crippen molar-refractivity contribution in [1.82, 2.24) is 4.90 Å². The Morgan fingerprint density at radius 1 is 1.26 bits per heavy atom. The van der Waals surface area contributed by atoms with Gasteiger partial charge in [-0.1, -0.05) is 22.0 Å². The van der Waals surface area contributed by atoms with Crippen LogP contribution in [0, 0.1) is 0 Å². The van der Waals surface area contributed by atoms with Crippen LogP contribution in [0.2, 0.25) is 0 Å². The van der Waals surface area contributed by atoms with Crippen molar-refractivity contribution in [3.63, 3.8) is 0 Å². The van der Waals surface area contributed by atoms with E-state index in [1.54, 1.807) is 6.92 Å². The second-order valence-corrected chi connectivity index (χ2v) is 6.13. The summed E-state index contributed by atoms with van der Waals surface area (Å²) in [4.78, 5) is 4.57. The third-order valence-electron chi connectivity index (χ3n) is 3.27. The zero-order valence-corrected chi connectivity index (χ0v) is 14.1. The monoisotopic (exact) mass is 328 g/mol. The summed E-state index contributed by atoms with van der Waals surface area (Å²) >= 11 is 3.55. The van der Waals surface area contributed by atoms with Crippen molar-refractivity contribution in [2.75, 3.05) is 32.1 Å². The second-order valence-electron chi connectivity index (χ2n) is 5.28. The molecule has 3 nitrogen and oxygen atoms in total. The van der Waals surface area contributed by atoms with Crippen LogP contribution < -0.4 is 4.90 Å². The van der Waals surface area contributed by atoms with E-state index < -0.39 is 6.10 Å². The van der Waals surface area contributed by atoms with Crippen molar-refractivity contribution in [2.24, 2.45) is 0 Å². The van der Waals surface area contributed by atoms with Crippen molar-refractivity contribution in [3.8, 4) is 0 Å². The van der Waals surface area contributed by atoms with Crippen LogP contribution in [0.15, 0.2) is 22.7 Å². The maximum absolute atomic E-state index is 9.67. The summed E-state index contributed by atoms with van der Waals surface area (Å²) in [5, 5.41) is 9.67. The molecule has 1 aromatic rings. The van der Waals surface area contributed by atoms with E-state index in [9.17, 15) is 5.11 Å². The molecule has 19 heavy (non-hydrogen) atoms. The third kappa shape index (κ3) is 4.48. The van der Waals surface area contributed by atoms with E-state index in [2.05, 4.69) is 65.8 Å². The predicted molar refractivity (Wildman–Crippen MR) is 85.8 cm³/mol. The maximum atomic E-state index is 9.67. The van der Waals surface area contributed by atoms with E-state index in [0.29, 0.717) is 6.04 Å². The summed E-state index contributed by atoms with van der Waals surface area (Å²) in [6, 6.07) is 6.62. The molecule has 0 radical (unpaired) electrons. The van der Waals surface area contributed by atoms with E-state index in [1.807, 2.05) is 6.07 Å². The van der Waals surface area contributed by atoms with Crippen molar-refractivity contribution >= 4 is 21.6 Å². The summed E-state index contributed by atoms with van der Waals surface area (Å²) in [5.74, 6) is 0. The highest BCUT2D eigenvalue weighted by Gasteiger charge is 2.15. The molecule has 0 heterocycles. The fraction of sp³-hybridized carbons (Fsp3) is 0.600. The molecule has 0 saturated heterocycles. The van der Waals surface area contributed by atoms with Gasteiger partial charge in [-0.15, -0.1) is 0 Å². The van der Waals surface area contributed by atoms with Crippen molar-refractivity contribution in [3.05, 3.63) is 28.2 Å². The number of halogens is 1. The lowest BCUT2D eigenvalue weighted by atomic mass is 10.1. The van der Waals surface area contributed by atoms with Gasteiger partial charge in [0.1, 0.15) is 0 Å². The van der Waals surface area contributed by atoms with Crippen LogP contribution in [-0.2, 0) is 0 Å². The number of hydrogen-bond acceptors (Lipinski definition) is 3. The minimum atomic E-state index is -0.447. The number of benzene rings is 1. The fourth-order valence-corrected chi connectivity index (χ4v) is 3.11. The summed E-state index contributed by atoms with van der Waals surface area (Å²) in [5.41, 5.74) is 2.12. The molecule has 0 aliphatic carbocycles. The van der Waals surface area contributed by atoms with Gasteiger partial charge in [-0.2, -0.15) is 0 Å². The topological polar surface area (TPSA) is 26.7 Å². The van der Waals surface area contributed by atoms with Crippen molar-refractivity contribution in [1.29, 1.82) is 0 Å². The van der Waals surface area contributed by atoms with Crippen molar-refractivity contribution < 1.29 is 5.11 Å². The highest BCUT2D eigenvalue weighted by Crippen LogP contribution is 2.29. The molecule has 0 fully saturated rings. The molecule has 0 spiro atoms. The van der Waals surface area contributed by atoms with Gasteiger partial charge in [0.15, 0.2) is 0 Å². The predicted octanol–water partition coefficient (Wildman–Crippen LogP) is 3.28. The first-order chi connectivity index (χ1) is 8.86. The molecular weight excluding hydrogens is 304 g/mol. The lowest BCUT2D eigenvalue weighted by Gasteiger charge is -2.32. The molecule has 0 aromatic heterocycles. The van der Waals surface area contributed by atoms with Crippen LogP contribution in [0.25, 0.3) is 0 Å². The number of rotatable bonds is 6. The summed E-state index contributed by atoms with van der Waals surface area (Å²) in [6.45, 7) is 8.17. The van der Waals surface area contributed by atoms with Crippen LogP contribution in [0.3, 0.4) is 0 Å². The first kappa shape index (κ1) is 16.5. The molecule has 0 saturated carbocycles. The van der Waals surface area contributed by atoms with Gasteiger partial charge in [0, 0.05) is 29.3 Å². The largest absolute Gasteiger partial charge is 0.389 e. The van der Waals surface area contributed by atoms with Gasteiger partial charge in [0.05, 0.1) is 6.10 Å². The first-order valence-electron chi connectivity index (χ1n) is 6.75. The van der Waals surface area contributed by atoms with E-state index in [1.165, 1.54) is 5.69 Å². The average Bonchev–Trinajstić information content (AvgIpc) is 2.28. The Labute approximate surface area is 125 Å². The number of anilines is 1. The van der Waals surface area contributed by atoms with Crippen molar-refractivity contribution in [2.45, 2.75) is 32.9 Å². The summed E-state index contributed by atoms with van der Waals surface area (Å²) in [7, 11) is 4.19. The molecule has 0 bridgehead atoms. The van der Waals surface area contributed by atoms with Crippen LogP contribution >= 0.6 is 15.9 Å². The highest BCUT2D eigenvalue weighted by molar-refractivity contribution is 9.10. The van der Waals surface area contributed by atoms with Gasteiger partial charge in [-0.05, 0) is 52.6 Å². The molecule has 0 amide bonds. The molecule has 2 unspecified atom stereocenters. The molecule has 1 rings (SSSR count). The quantitative estimate of drug-likeness (QED) is 0.868. The van der Waals surface area contributed by atoms with Gasteiger partial charge in [-0.25, -0.2) is 0 Å². The number of aliphatic hydroxyl groups excluding tert-OH is 1. The molecule has 1 N–H and O–H groups in total. The molecule has 1 aromatic carbocycles. The van der Waals surface area contributed by atoms with Gasteiger partial charge in [0.25, 0.3) is 0 Å². The molecule has 4 heteroatoms. The Balaban J connectivity index is 2.96. The van der Waals surface area contributed by atoms with Gasteiger partial charge < -0.3 is 14.9 Å². The standard InChI is InChI=1S/C15H25BrN2O/c1-6-18(11(2)10-17(4)5)13-7-8-14(12(3)19)15(16)9-13/h7-9,11-12,19H,6,10H2,1-5H3. The Kier molecular flexibility index (Phi) is 6.30. The van der Waals surface area contributed by atoms with Gasteiger partial charge in [-0.3, -0.25) is 0 Å². The van der Waals surface area contributed by atoms with Crippen LogP contribution in [0.5, 0.6) is 0 Å². The smallest absolute Gasteiger partial charge is 0.0772 e. The first-order valence-corrected chi connectivity index (χ1v) is 7.55. The lowest BCUT2D eigenvalue weighted by Crippen LogP contribution is -2.40. The molecule has 0 aliphatic rings. The number of hydrogen-bond donors (Lipinski definition) is 1. The number of likely N-dealkylation sites (N-methyl/N-ethyl adjacent to an activating group) is 2. The van der Waals surface area contributed by atoms with E-state index in [-0.39, 0.29) is 0 Å². The maximum Gasteiger partial charge on any atom is 0.0772 e. The second kappa shape index (κ2) is 7.27. The Bertz CT molecular complexity index is 407. The molecular formula is C15H25BrN2O. The van der Waals surface area contributed by atoms with Crippen LogP contribution in [0.1, 0.15) is 32.4 Å². The van der Waals surface area contributed by atoms with E-state index in [0.717, 1.165) is 23.1 Å². The number of nitrogens with zero attached hydrogens (tertiary/aromatic N) is 2. The molecule has 0 aliphatic heterocycles. The zero-order valence-electron chi connectivity index (χ0n) is 12.5. The summed E-state index contributed by atoms with van der Waals surface area (Å²) in [6.07, 6.45) is -0.447. The Morgan fingerprint density at radius 2 is 1.89 bits per heavy atom.